The molecule has 0 saturated heterocycles. The third kappa shape index (κ3) is 12.1. The Morgan fingerprint density at radius 2 is 1.21 bits per heavy atom. The van der Waals surface area contributed by atoms with Crippen LogP contribution in [0.25, 0.3) is 0 Å². The van der Waals surface area contributed by atoms with E-state index in [1.165, 1.54) is 76.3 Å². The number of hydrogen-bond acceptors (Lipinski definition) is 0. The molecule has 0 bridgehead atoms. The van der Waals surface area contributed by atoms with Crippen LogP contribution in [0.2, 0.25) is 0 Å². The fourth-order valence-electron chi connectivity index (χ4n) is 4.37. The van der Waals surface area contributed by atoms with Gasteiger partial charge in [-0.25, -0.2) is 0 Å². The average Bonchev–Trinajstić information content (AvgIpc) is 2.68. The maximum Gasteiger partial charge on any atom is 2.00 e. The molecule has 0 N–H and O–H groups in total. The number of rotatable bonds is 3. The van der Waals surface area contributed by atoms with Gasteiger partial charge in [-0.05, 0) is 30.6 Å². The van der Waals surface area contributed by atoms with Crippen molar-refractivity contribution in [3.05, 3.63) is 49.7 Å². The molecule has 0 unspecified atom stereocenters. The number of benzene rings is 1. The number of halogens is 2. The molecule has 2 saturated carbocycles. The van der Waals surface area contributed by atoms with E-state index in [1.54, 1.807) is 6.92 Å². The topological polar surface area (TPSA) is 0 Å². The summed E-state index contributed by atoms with van der Waals surface area (Å²) in [6.07, 6.45) is 14.8. The molecule has 0 nitrogen and oxygen atoms in total. The summed E-state index contributed by atoms with van der Waals surface area (Å²) in [6.45, 7) is 11.5. The predicted molar refractivity (Wildman–Crippen MR) is 106 cm³/mol. The molecule has 0 aromatic heterocycles. The van der Waals surface area contributed by atoms with E-state index in [0.717, 1.165) is 23.7 Å². The summed E-state index contributed by atoms with van der Waals surface area (Å²) in [4.78, 5) is 0. The van der Waals surface area contributed by atoms with Gasteiger partial charge in [0, 0.05) is 0 Å². The third-order valence-electron chi connectivity index (χ3n) is 5.84. The molecule has 0 amide bonds. The Balaban J connectivity index is 0. The summed E-state index contributed by atoms with van der Waals surface area (Å²) < 4.78 is 23.7. The maximum atomic E-state index is 11.9. The molecule has 1 aromatic carbocycles. The van der Waals surface area contributed by atoms with Crippen molar-refractivity contribution >= 4 is 0 Å². The predicted octanol–water partition coefficient (Wildman–Crippen LogP) is 7.64. The largest absolute Gasteiger partial charge is 2.00 e. The van der Waals surface area contributed by atoms with Crippen molar-refractivity contribution in [1.29, 1.82) is 0 Å². The molecular weight excluding hydrogens is 802 g/mol. The molecule has 154 valence electrons. The van der Waals surface area contributed by atoms with Crippen LogP contribution < -0.4 is 0 Å². The van der Waals surface area contributed by atoms with Crippen molar-refractivity contribution in [3.63, 3.8) is 0 Å². The van der Waals surface area contributed by atoms with Crippen molar-refractivity contribution in [2.45, 2.75) is 78.1 Å². The van der Waals surface area contributed by atoms with Crippen LogP contribution in [0.5, 0.6) is 0 Å². The van der Waals surface area contributed by atoms with Crippen LogP contribution in [0.3, 0.4) is 0 Å². The Hall–Kier alpha value is 1.18. The van der Waals surface area contributed by atoms with E-state index >= 15 is 0 Å². The van der Waals surface area contributed by atoms with E-state index in [1.807, 2.05) is 12.1 Å². The van der Waals surface area contributed by atoms with Gasteiger partial charge in [0.2, 0.25) is 0 Å². The fraction of sp³-hybridized carbons (Fsp3) is 0.667. The molecular formula is C24H36F2U2. The van der Waals surface area contributed by atoms with Gasteiger partial charge < -0.3 is 22.6 Å². The second-order valence-corrected chi connectivity index (χ2v) is 7.60. The first-order valence-corrected chi connectivity index (χ1v) is 10.4. The minimum absolute atomic E-state index is 0. The van der Waals surface area contributed by atoms with Crippen molar-refractivity contribution in [3.8, 4) is 0 Å². The van der Waals surface area contributed by atoms with Crippen molar-refractivity contribution < 1.29 is 71.0 Å². The van der Waals surface area contributed by atoms with Crippen LogP contribution >= 0.6 is 0 Å². The van der Waals surface area contributed by atoms with Gasteiger partial charge in [0.05, 0.1) is 0 Å². The molecule has 2 aliphatic carbocycles. The van der Waals surface area contributed by atoms with Crippen LogP contribution in [0, 0.1) is 124 Å². The van der Waals surface area contributed by atoms with E-state index in [2.05, 4.69) is 20.8 Å². The first-order valence-electron chi connectivity index (χ1n) is 10.4. The van der Waals surface area contributed by atoms with Gasteiger partial charge in [0.15, 0.2) is 0 Å². The zero-order valence-electron chi connectivity index (χ0n) is 17.7. The molecule has 28 heavy (non-hydrogen) atoms. The molecule has 1 aromatic rings. The molecule has 0 radical (unpaired) electrons. The van der Waals surface area contributed by atoms with E-state index in [-0.39, 0.29) is 62.2 Å². The van der Waals surface area contributed by atoms with Crippen LogP contribution in [-0.2, 0) is 0 Å². The van der Waals surface area contributed by atoms with Gasteiger partial charge in [-0.15, -0.1) is 0 Å². The Morgan fingerprint density at radius 3 is 1.57 bits per heavy atom. The molecule has 0 aliphatic heterocycles. The van der Waals surface area contributed by atoms with Gasteiger partial charge in [0.25, 0.3) is 0 Å². The summed E-state index contributed by atoms with van der Waals surface area (Å²) in [5.41, 5.74) is 0. The minimum Gasteiger partial charge on any atom is -0.346 e. The van der Waals surface area contributed by atoms with Crippen molar-refractivity contribution in [2.75, 3.05) is 0 Å². The summed E-state index contributed by atoms with van der Waals surface area (Å²) in [5.74, 6) is 2.04. The second-order valence-electron chi connectivity index (χ2n) is 7.60. The number of hydrogen-bond donors (Lipinski definition) is 0. The molecule has 2 aliphatic rings. The van der Waals surface area contributed by atoms with E-state index in [9.17, 15) is 8.78 Å². The standard InChI is InChI=1S/C16H29.C6H2F2.C2H5.2U/c1-3-4-14-7-11-16(12-8-14)15-9-5-13(2)6-10-15;7-5-3-1-2-4-6(5)8;1-2;;/h13-16H,2-12H2,1H3;1-2H;1H2,2H3;;/q-1;-2;-1;2*+2. The summed E-state index contributed by atoms with van der Waals surface area (Å²) in [7, 11) is 0. The Kier molecular flexibility index (Phi) is 21.2. The van der Waals surface area contributed by atoms with E-state index < -0.39 is 11.6 Å². The Morgan fingerprint density at radius 1 is 0.821 bits per heavy atom. The molecule has 0 spiro atoms. The maximum absolute atomic E-state index is 11.9. The summed E-state index contributed by atoms with van der Waals surface area (Å²) >= 11 is 0. The van der Waals surface area contributed by atoms with Crippen molar-refractivity contribution in [2.24, 2.45) is 23.7 Å². The van der Waals surface area contributed by atoms with Gasteiger partial charge in [-0.2, -0.15) is 12.8 Å². The van der Waals surface area contributed by atoms with Crippen LogP contribution in [0.1, 0.15) is 78.1 Å². The Bertz CT molecular complexity index is 444. The molecule has 0 heterocycles. The summed E-state index contributed by atoms with van der Waals surface area (Å²) in [6, 6.07) is 6.58. The minimum atomic E-state index is -0.979. The third-order valence-corrected chi connectivity index (χ3v) is 5.84. The van der Waals surface area contributed by atoms with Crippen LogP contribution in [-0.4, -0.2) is 0 Å². The van der Waals surface area contributed by atoms with Gasteiger partial charge in [-0.3, -0.25) is 24.3 Å². The van der Waals surface area contributed by atoms with Gasteiger partial charge >= 0.3 is 62.2 Å². The zero-order chi connectivity index (χ0) is 19.4. The van der Waals surface area contributed by atoms with E-state index in [0.29, 0.717) is 0 Å². The van der Waals surface area contributed by atoms with Crippen LogP contribution in [0.4, 0.5) is 8.78 Å². The van der Waals surface area contributed by atoms with Gasteiger partial charge in [0.1, 0.15) is 0 Å². The SMILES string of the molecule is Fc1[c-]cc[c-]c1F.[CH2-]C.[CH2-]C1CCC(C2CCC(CCC)CC2)CC1.[U+2].[U+2]. The summed E-state index contributed by atoms with van der Waals surface area (Å²) in [5, 5.41) is 0. The average molecular weight is 839 g/mol. The normalized spacial score (nSPS) is 26.2. The molecule has 0 atom stereocenters. The van der Waals surface area contributed by atoms with Crippen molar-refractivity contribution in [1.82, 2.24) is 0 Å². The first-order chi connectivity index (χ1) is 12.6. The monoisotopic (exact) mass is 838 g/mol. The van der Waals surface area contributed by atoms with Crippen LogP contribution in [0.15, 0.2) is 12.1 Å². The van der Waals surface area contributed by atoms with Gasteiger partial charge in [-0.1, -0.05) is 69.9 Å². The second kappa shape index (κ2) is 18.9. The molecule has 2 fully saturated rings. The molecule has 4 heteroatoms. The first kappa shape index (κ1) is 31.4. The quantitative estimate of drug-likeness (QED) is 0.275. The zero-order valence-corrected chi connectivity index (χ0v) is 26.0. The fourth-order valence-corrected chi connectivity index (χ4v) is 4.37. The Labute approximate surface area is 220 Å². The molecule has 3 rings (SSSR count). The van der Waals surface area contributed by atoms with E-state index in [4.69, 9.17) is 0 Å². The smallest absolute Gasteiger partial charge is 0.346 e.